The van der Waals surface area contributed by atoms with Crippen LogP contribution in [0.5, 0.6) is 0 Å². The second-order valence-corrected chi connectivity index (χ2v) is 11.0. The maximum Gasteiger partial charge on any atom is 0.125 e. The van der Waals surface area contributed by atoms with Crippen LogP contribution in [-0.4, -0.2) is 43.3 Å². The molecule has 0 fully saturated rings. The monoisotopic (exact) mass is 442 g/mol. The Hall–Kier alpha value is -1.22. The van der Waals surface area contributed by atoms with E-state index in [0.717, 1.165) is 58.5 Å². The molecular formula is C20H18N4S4. The first kappa shape index (κ1) is 18.8. The number of fused-ring (bicyclic) bond motifs is 2. The molecule has 2 aromatic carbocycles. The van der Waals surface area contributed by atoms with Crippen LogP contribution >= 0.6 is 47.0 Å². The van der Waals surface area contributed by atoms with Crippen LogP contribution in [0.25, 0.3) is 21.8 Å². The zero-order valence-corrected chi connectivity index (χ0v) is 18.4. The Balaban J connectivity index is 1.49. The van der Waals surface area contributed by atoms with Crippen molar-refractivity contribution in [1.29, 1.82) is 0 Å². The first-order chi connectivity index (χ1) is 13.8. The molecule has 4 nitrogen and oxygen atoms in total. The van der Waals surface area contributed by atoms with Gasteiger partial charge >= 0.3 is 0 Å². The number of nitrogens with zero attached hydrogens (tertiary/aromatic N) is 4. The standard InChI is InChI=1S/C20H18N4S4/c1-2-4-14-10-16-15(9-13(14)3-1)23-17(11-27-19-21-5-7-25-19)18(24-16)12-28-20-22-6-8-26-20/h1-4,9-10H,5-8,11-12H2. The molecule has 0 radical (unpaired) electrons. The molecule has 0 saturated carbocycles. The maximum atomic E-state index is 5.02. The normalized spacial score (nSPS) is 16.7. The van der Waals surface area contributed by atoms with Crippen molar-refractivity contribution in [2.45, 2.75) is 11.5 Å². The molecule has 0 amide bonds. The summed E-state index contributed by atoms with van der Waals surface area (Å²) >= 11 is 7.26. The van der Waals surface area contributed by atoms with Gasteiger partial charge in [0.15, 0.2) is 0 Å². The number of rotatable bonds is 4. The third-order valence-electron chi connectivity index (χ3n) is 4.47. The Kier molecular flexibility index (Phi) is 5.80. The maximum absolute atomic E-state index is 5.02. The third-order valence-corrected chi connectivity index (χ3v) is 8.99. The number of aromatic nitrogens is 2. The molecule has 2 aliphatic rings. The molecule has 0 atom stereocenters. The van der Waals surface area contributed by atoms with E-state index in [1.165, 1.54) is 19.5 Å². The fourth-order valence-electron chi connectivity index (χ4n) is 3.11. The molecule has 0 saturated heterocycles. The molecule has 142 valence electrons. The summed E-state index contributed by atoms with van der Waals surface area (Å²) in [6, 6.07) is 12.7. The van der Waals surface area contributed by atoms with Crippen molar-refractivity contribution < 1.29 is 0 Å². The highest BCUT2D eigenvalue weighted by molar-refractivity contribution is 8.39. The van der Waals surface area contributed by atoms with Crippen molar-refractivity contribution >= 4 is 77.6 Å². The van der Waals surface area contributed by atoms with Gasteiger partial charge < -0.3 is 0 Å². The van der Waals surface area contributed by atoms with Gasteiger partial charge in [-0.1, -0.05) is 71.3 Å². The van der Waals surface area contributed by atoms with E-state index in [-0.39, 0.29) is 0 Å². The molecule has 0 unspecified atom stereocenters. The minimum atomic E-state index is 0.817. The molecule has 8 heteroatoms. The number of hydrogen-bond acceptors (Lipinski definition) is 8. The van der Waals surface area contributed by atoms with Gasteiger partial charge in [-0.05, 0) is 22.9 Å². The highest BCUT2D eigenvalue weighted by Crippen LogP contribution is 2.30. The average molecular weight is 443 g/mol. The molecular weight excluding hydrogens is 425 g/mol. The van der Waals surface area contributed by atoms with Gasteiger partial charge in [-0.15, -0.1) is 0 Å². The van der Waals surface area contributed by atoms with E-state index < -0.39 is 0 Å². The quantitative estimate of drug-likeness (QED) is 0.501. The topological polar surface area (TPSA) is 50.5 Å². The highest BCUT2D eigenvalue weighted by atomic mass is 32.2. The zero-order valence-electron chi connectivity index (χ0n) is 15.1. The van der Waals surface area contributed by atoms with Crippen molar-refractivity contribution in [2.75, 3.05) is 24.6 Å². The molecule has 5 rings (SSSR count). The van der Waals surface area contributed by atoms with Crippen LogP contribution in [0.15, 0.2) is 46.4 Å². The summed E-state index contributed by atoms with van der Waals surface area (Å²) in [7, 11) is 0. The Morgan fingerprint density at radius 3 is 1.68 bits per heavy atom. The van der Waals surface area contributed by atoms with Crippen molar-refractivity contribution in [3.8, 4) is 0 Å². The Morgan fingerprint density at radius 2 is 1.25 bits per heavy atom. The van der Waals surface area contributed by atoms with Crippen LogP contribution in [0.1, 0.15) is 11.4 Å². The lowest BCUT2D eigenvalue weighted by Crippen LogP contribution is -2.02. The molecule has 0 spiro atoms. The van der Waals surface area contributed by atoms with Gasteiger partial charge in [0, 0.05) is 23.0 Å². The summed E-state index contributed by atoms with van der Waals surface area (Å²) in [6.45, 7) is 1.87. The van der Waals surface area contributed by atoms with Crippen LogP contribution in [0.4, 0.5) is 0 Å². The first-order valence-corrected chi connectivity index (χ1v) is 13.1. The molecule has 0 bridgehead atoms. The van der Waals surface area contributed by atoms with E-state index in [9.17, 15) is 0 Å². The molecule has 3 aromatic rings. The van der Waals surface area contributed by atoms with Crippen LogP contribution in [-0.2, 0) is 11.5 Å². The SMILES string of the molecule is c1ccc2cc3nc(CSC4=NCCS4)c(CSC4=NCCS4)nc3cc2c1. The summed E-state index contributed by atoms with van der Waals surface area (Å²) in [5.41, 5.74) is 4.08. The van der Waals surface area contributed by atoms with Crippen LogP contribution < -0.4 is 0 Å². The van der Waals surface area contributed by atoms with Gasteiger partial charge in [-0.3, -0.25) is 9.98 Å². The minimum absolute atomic E-state index is 0.817. The van der Waals surface area contributed by atoms with Gasteiger partial charge in [-0.2, -0.15) is 0 Å². The predicted octanol–water partition coefficient (Wildman–Crippen LogP) is 5.46. The lowest BCUT2D eigenvalue weighted by molar-refractivity contribution is 1.07. The van der Waals surface area contributed by atoms with Crippen LogP contribution in [0.2, 0.25) is 0 Å². The largest absolute Gasteiger partial charge is 0.271 e. The van der Waals surface area contributed by atoms with E-state index in [4.69, 9.17) is 9.97 Å². The number of thioether (sulfide) groups is 4. The lowest BCUT2D eigenvalue weighted by Gasteiger charge is -2.10. The average Bonchev–Trinajstić information content (AvgIpc) is 3.43. The Bertz CT molecular complexity index is 1010. The number of hydrogen-bond donors (Lipinski definition) is 0. The van der Waals surface area contributed by atoms with E-state index in [2.05, 4.69) is 46.4 Å². The first-order valence-electron chi connectivity index (χ1n) is 9.13. The second kappa shape index (κ2) is 8.65. The molecule has 2 aliphatic heterocycles. The summed E-state index contributed by atoms with van der Waals surface area (Å²) in [4.78, 5) is 19.2. The number of benzene rings is 2. The van der Waals surface area contributed by atoms with Gasteiger partial charge in [0.05, 0.1) is 35.5 Å². The van der Waals surface area contributed by atoms with Crippen LogP contribution in [0.3, 0.4) is 0 Å². The zero-order chi connectivity index (χ0) is 18.8. The van der Waals surface area contributed by atoms with Gasteiger partial charge in [0.25, 0.3) is 0 Å². The van der Waals surface area contributed by atoms with E-state index in [0.29, 0.717) is 0 Å². The summed E-state index contributed by atoms with van der Waals surface area (Å²) < 4.78 is 2.35. The Labute approximate surface area is 180 Å². The Morgan fingerprint density at radius 1 is 0.750 bits per heavy atom. The van der Waals surface area contributed by atoms with E-state index >= 15 is 0 Å². The fraction of sp³-hybridized carbons (Fsp3) is 0.300. The highest BCUT2D eigenvalue weighted by Gasteiger charge is 2.16. The summed E-state index contributed by atoms with van der Waals surface area (Å²) in [5, 5.41) is 2.41. The molecule has 28 heavy (non-hydrogen) atoms. The minimum Gasteiger partial charge on any atom is -0.271 e. The second-order valence-electron chi connectivity index (χ2n) is 6.37. The van der Waals surface area contributed by atoms with Gasteiger partial charge in [0.1, 0.15) is 8.75 Å². The lowest BCUT2D eigenvalue weighted by atomic mass is 10.1. The van der Waals surface area contributed by atoms with E-state index in [1.807, 2.05) is 23.5 Å². The van der Waals surface area contributed by atoms with Crippen LogP contribution in [0, 0.1) is 0 Å². The molecule has 1 aromatic heterocycles. The predicted molar refractivity (Wildman–Crippen MR) is 129 cm³/mol. The van der Waals surface area contributed by atoms with Gasteiger partial charge in [0.2, 0.25) is 0 Å². The fourth-order valence-corrected chi connectivity index (χ4v) is 7.06. The van der Waals surface area contributed by atoms with Crippen molar-refractivity contribution in [3.05, 3.63) is 47.8 Å². The number of aliphatic imine (C=N–C) groups is 2. The summed E-state index contributed by atoms with van der Waals surface area (Å²) in [5.74, 6) is 3.82. The smallest absolute Gasteiger partial charge is 0.125 e. The molecule has 0 aliphatic carbocycles. The third kappa shape index (κ3) is 4.20. The molecule has 3 heterocycles. The van der Waals surface area contributed by atoms with Gasteiger partial charge in [-0.25, -0.2) is 9.97 Å². The summed E-state index contributed by atoms with van der Waals surface area (Å²) in [6.07, 6.45) is 0. The molecule has 0 N–H and O–H groups in total. The van der Waals surface area contributed by atoms with Crippen molar-refractivity contribution in [2.24, 2.45) is 9.98 Å². The van der Waals surface area contributed by atoms with Crippen molar-refractivity contribution in [1.82, 2.24) is 9.97 Å². The van der Waals surface area contributed by atoms with Crippen molar-refractivity contribution in [3.63, 3.8) is 0 Å². The van der Waals surface area contributed by atoms with E-state index in [1.54, 1.807) is 23.5 Å².